The largest absolute Gasteiger partial charge is 0.395 e. The van der Waals surface area contributed by atoms with Gasteiger partial charge >= 0.3 is 0 Å². The lowest BCUT2D eigenvalue weighted by Gasteiger charge is -2.52. The van der Waals surface area contributed by atoms with Crippen LogP contribution in [0.15, 0.2) is 0 Å². The summed E-state index contributed by atoms with van der Waals surface area (Å²) in [5, 5.41) is 93.0. The van der Waals surface area contributed by atoms with Gasteiger partial charge in [0.2, 0.25) is 0 Å². The van der Waals surface area contributed by atoms with E-state index < -0.39 is 90.9 Å². The monoisotopic (exact) mass is 583 g/mol. The summed E-state index contributed by atoms with van der Waals surface area (Å²) in [6, 6.07) is -2.27. The smallest absolute Gasteiger partial charge is 0.185 e. The van der Waals surface area contributed by atoms with E-state index in [4.69, 9.17) is 30.8 Å². The Morgan fingerprint density at radius 1 is 1.07 bits per heavy atom. The average Bonchev–Trinajstić information content (AvgIpc) is 2.91. The van der Waals surface area contributed by atoms with Crippen molar-refractivity contribution in [3.8, 4) is 0 Å². The summed E-state index contributed by atoms with van der Waals surface area (Å²) in [5.74, 6) is -0.996. The fourth-order valence-corrected chi connectivity index (χ4v) is 5.99. The molecule has 0 bridgehead atoms. The molecule has 2 heterocycles. The molecule has 2 aliphatic heterocycles. The molecule has 0 aromatic rings. The summed E-state index contributed by atoms with van der Waals surface area (Å²) in [6.07, 6.45) is -12.7. The Hall–Kier alpha value is -0.640. The van der Waals surface area contributed by atoms with Crippen LogP contribution in [0.2, 0.25) is 0 Å². The van der Waals surface area contributed by atoms with E-state index >= 15 is 0 Å². The number of aliphatic hydroxyl groups is 8. The van der Waals surface area contributed by atoms with Gasteiger partial charge in [-0.15, -0.1) is 0 Å². The van der Waals surface area contributed by atoms with Crippen molar-refractivity contribution in [2.24, 2.45) is 17.4 Å². The molecule has 236 valence electrons. The standard InChI is InChI=1S/C24H49N5O11/c1-24(37)9-38-23(19(36)22(24)27-2)40-20-12(29-7-10(31)6-25)5-11(26)14(16(20)33)21-18(35)17(34)15(32)13(39-21)8-28-3-4-30/h10-23,27-37H,3-9,25-26H2,1-2H3. The van der Waals surface area contributed by atoms with E-state index in [2.05, 4.69) is 16.0 Å². The number of ether oxygens (including phenoxy) is 3. The van der Waals surface area contributed by atoms with Gasteiger partial charge in [-0.3, -0.25) is 0 Å². The minimum atomic E-state index is -1.60. The van der Waals surface area contributed by atoms with Crippen LogP contribution in [0.3, 0.4) is 0 Å². The normalized spacial score (nSPS) is 47.2. The van der Waals surface area contributed by atoms with Gasteiger partial charge in [-0.1, -0.05) is 0 Å². The molecule has 1 aliphatic carbocycles. The van der Waals surface area contributed by atoms with Crippen molar-refractivity contribution in [2.45, 2.75) is 98.3 Å². The van der Waals surface area contributed by atoms with Crippen molar-refractivity contribution in [1.82, 2.24) is 16.0 Å². The first-order valence-corrected chi connectivity index (χ1v) is 13.8. The molecule has 15 unspecified atom stereocenters. The minimum Gasteiger partial charge on any atom is -0.395 e. The molecule has 2 saturated heterocycles. The molecule has 40 heavy (non-hydrogen) atoms. The number of hydrogen-bond acceptors (Lipinski definition) is 16. The summed E-state index contributed by atoms with van der Waals surface area (Å²) in [6.45, 7) is 1.48. The van der Waals surface area contributed by atoms with Crippen molar-refractivity contribution in [3.63, 3.8) is 0 Å². The van der Waals surface area contributed by atoms with E-state index in [0.717, 1.165) is 0 Å². The van der Waals surface area contributed by atoms with Crippen LogP contribution < -0.4 is 27.4 Å². The van der Waals surface area contributed by atoms with Crippen LogP contribution in [0.5, 0.6) is 0 Å². The van der Waals surface area contributed by atoms with Crippen LogP contribution >= 0.6 is 0 Å². The van der Waals surface area contributed by atoms with Crippen molar-refractivity contribution in [3.05, 3.63) is 0 Å². The van der Waals surface area contributed by atoms with E-state index in [9.17, 15) is 35.7 Å². The molecule has 15 N–H and O–H groups in total. The molecule has 0 radical (unpaired) electrons. The van der Waals surface area contributed by atoms with Crippen LogP contribution in [0, 0.1) is 5.92 Å². The third-order valence-corrected chi connectivity index (χ3v) is 8.23. The number of hydrogen-bond donors (Lipinski definition) is 13. The third-order valence-electron chi connectivity index (χ3n) is 8.23. The van der Waals surface area contributed by atoms with Crippen molar-refractivity contribution in [2.75, 3.05) is 46.4 Å². The van der Waals surface area contributed by atoms with Gasteiger partial charge in [0.05, 0.1) is 43.7 Å². The van der Waals surface area contributed by atoms with Gasteiger partial charge in [0, 0.05) is 44.2 Å². The van der Waals surface area contributed by atoms with Crippen molar-refractivity contribution >= 4 is 0 Å². The highest BCUT2D eigenvalue weighted by Crippen LogP contribution is 2.37. The highest BCUT2D eigenvalue weighted by atomic mass is 16.7. The van der Waals surface area contributed by atoms with Crippen LogP contribution in [0.4, 0.5) is 0 Å². The van der Waals surface area contributed by atoms with Crippen LogP contribution in [0.25, 0.3) is 0 Å². The Bertz CT molecular complexity index is 773. The molecule has 16 heteroatoms. The van der Waals surface area contributed by atoms with Crippen LogP contribution in [-0.4, -0.2) is 172 Å². The van der Waals surface area contributed by atoms with Gasteiger partial charge < -0.3 is 82.5 Å². The Morgan fingerprint density at radius 2 is 1.77 bits per heavy atom. The number of nitrogens with two attached hydrogens (primary N) is 2. The average molecular weight is 584 g/mol. The molecule has 3 aliphatic rings. The minimum absolute atomic E-state index is 0.0140. The second kappa shape index (κ2) is 14.7. The van der Waals surface area contributed by atoms with Gasteiger partial charge in [-0.25, -0.2) is 0 Å². The van der Waals surface area contributed by atoms with Gasteiger partial charge in [0.25, 0.3) is 0 Å². The maximum atomic E-state index is 11.6. The summed E-state index contributed by atoms with van der Waals surface area (Å²) >= 11 is 0. The van der Waals surface area contributed by atoms with Gasteiger partial charge in [0.1, 0.15) is 36.1 Å². The van der Waals surface area contributed by atoms with Gasteiger partial charge in [0.15, 0.2) is 6.29 Å². The fraction of sp³-hybridized carbons (Fsp3) is 1.00. The first-order valence-electron chi connectivity index (χ1n) is 13.8. The van der Waals surface area contributed by atoms with Gasteiger partial charge in [-0.2, -0.15) is 0 Å². The highest BCUT2D eigenvalue weighted by molar-refractivity contribution is 5.07. The topological polar surface area (TPSA) is 278 Å². The van der Waals surface area contributed by atoms with E-state index in [1.54, 1.807) is 7.05 Å². The maximum Gasteiger partial charge on any atom is 0.185 e. The number of aliphatic hydroxyl groups excluding tert-OH is 7. The molecule has 0 amide bonds. The van der Waals surface area contributed by atoms with Crippen LogP contribution in [0.1, 0.15) is 13.3 Å². The predicted octanol–water partition coefficient (Wildman–Crippen LogP) is -7.15. The fourth-order valence-electron chi connectivity index (χ4n) is 5.99. The number of nitrogens with one attached hydrogen (secondary N) is 3. The van der Waals surface area contributed by atoms with Crippen LogP contribution in [-0.2, 0) is 14.2 Å². The molecule has 0 aromatic heterocycles. The Kier molecular flexibility index (Phi) is 12.4. The lowest BCUT2D eigenvalue weighted by Crippen LogP contribution is -2.71. The zero-order valence-electron chi connectivity index (χ0n) is 23.0. The summed E-state index contributed by atoms with van der Waals surface area (Å²) < 4.78 is 17.7. The summed E-state index contributed by atoms with van der Waals surface area (Å²) in [5.41, 5.74) is 10.6. The zero-order chi connectivity index (χ0) is 29.8. The Labute approximate surface area is 233 Å². The SMILES string of the molecule is CNC1C(O)C(OC2C(NCC(O)CN)CC(N)C(C3OC(CNCCO)C(O)C(O)C3O)C2O)OCC1(C)O. The lowest BCUT2D eigenvalue weighted by atomic mass is 9.72. The van der Waals surface area contributed by atoms with E-state index in [0.29, 0.717) is 0 Å². The predicted molar refractivity (Wildman–Crippen MR) is 140 cm³/mol. The molecule has 3 fully saturated rings. The molecule has 1 saturated carbocycles. The Balaban J connectivity index is 1.85. The molecule has 16 nitrogen and oxygen atoms in total. The van der Waals surface area contributed by atoms with E-state index in [1.807, 2.05) is 0 Å². The second-order valence-corrected chi connectivity index (χ2v) is 11.3. The number of likely N-dealkylation sites (N-methyl/N-ethyl adjacent to an activating group) is 1. The van der Waals surface area contributed by atoms with Crippen molar-refractivity contribution in [1.29, 1.82) is 0 Å². The lowest BCUT2D eigenvalue weighted by molar-refractivity contribution is -0.303. The summed E-state index contributed by atoms with van der Waals surface area (Å²) in [7, 11) is 1.57. The van der Waals surface area contributed by atoms with Crippen molar-refractivity contribution < 1.29 is 55.1 Å². The first kappa shape index (κ1) is 33.9. The maximum absolute atomic E-state index is 11.6. The Morgan fingerprint density at radius 3 is 2.40 bits per heavy atom. The molecular formula is C24H49N5O11. The zero-order valence-corrected chi connectivity index (χ0v) is 23.0. The van der Waals surface area contributed by atoms with E-state index in [1.165, 1.54) is 6.92 Å². The van der Waals surface area contributed by atoms with Gasteiger partial charge in [-0.05, 0) is 20.4 Å². The summed E-state index contributed by atoms with van der Waals surface area (Å²) in [4.78, 5) is 0. The second-order valence-electron chi connectivity index (χ2n) is 11.3. The first-order chi connectivity index (χ1) is 18.9. The molecular weight excluding hydrogens is 534 g/mol. The molecule has 0 spiro atoms. The molecule has 3 rings (SSSR count). The quantitative estimate of drug-likeness (QED) is 0.0950. The molecule has 15 atom stereocenters. The van der Waals surface area contributed by atoms with E-state index in [-0.39, 0.29) is 45.8 Å². The third kappa shape index (κ3) is 7.46. The molecule has 0 aromatic carbocycles. The highest BCUT2D eigenvalue weighted by Gasteiger charge is 2.55. The number of rotatable bonds is 12.